The van der Waals surface area contributed by atoms with Crippen LogP contribution in [0.25, 0.3) is 0 Å². The summed E-state index contributed by atoms with van der Waals surface area (Å²) >= 11 is 1.35. The Hall–Kier alpha value is -1.56. The fraction of sp³-hybridized carbons (Fsp3) is 0.462. The predicted octanol–water partition coefficient (Wildman–Crippen LogP) is 3.34. The summed E-state index contributed by atoms with van der Waals surface area (Å²) in [4.78, 5) is 22.1. The molecule has 5 nitrogen and oxygen atoms in total. The molecule has 0 aliphatic rings. The monoisotopic (exact) mass is 283 g/mol. The number of esters is 1. The lowest BCUT2D eigenvalue weighted by Gasteiger charge is -2.16. The van der Waals surface area contributed by atoms with Crippen LogP contribution < -0.4 is 0 Å². The van der Waals surface area contributed by atoms with E-state index in [9.17, 15) is 14.9 Å². The number of thioether (sulfide) groups is 1. The van der Waals surface area contributed by atoms with Crippen LogP contribution in [0.4, 0.5) is 5.69 Å². The van der Waals surface area contributed by atoms with E-state index in [0.29, 0.717) is 12.2 Å². The van der Waals surface area contributed by atoms with Crippen molar-refractivity contribution in [1.82, 2.24) is 0 Å². The normalized spacial score (nSPS) is 13.6. The SMILES string of the molecule is CCOC(=O)C(C)SC(C)c1ccccc1[N+](=O)[O-]. The first-order valence-corrected chi connectivity index (χ1v) is 6.97. The lowest BCUT2D eigenvalue weighted by Crippen LogP contribution is -2.17. The van der Waals surface area contributed by atoms with Gasteiger partial charge in [0.05, 0.1) is 11.5 Å². The standard InChI is InChI=1S/C13H17NO4S/c1-4-18-13(15)10(3)19-9(2)11-7-5-6-8-12(11)14(16)17/h5-10H,4H2,1-3H3. The van der Waals surface area contributed by atoms with Gasteiger partial charge in [0.15, 0.2) is 0 Å². The number of carbonyl (C=O) groups is 1. The van der Waals surface area contributed by atoms with Gasteiger partial charge in [0.1, 0.15) is 5.25 Å². The molecule has 104 valence electrons. The molecule has 0 aliphatic heterocycles. The van der Waals surface area contributed by atoms with Gasteiger partial charge < -0.3 is 4.74 Å². The minimum Gasteiger partial charge on any atom is -0.465 e. The van der Waals surface area contributed by atoms with Crippen LogP contribution in [0.3, 0.4) is 0 Å². The van der Waals surface area contributed by atoms with E-state index >= 15 is 0 Å². The van der Waals surface area contributed by atoms with Gasteiger partial charge in [-0.25, -0.2) is 0 Å². The van der Waals surface area contributed by atoms with Crippen LogP contribution in [0.5, 0.6) is 0 Å². The Labute approximate surface area is 116 Å². The molecule has 1 aromatic carbocycles. The minimum atomic E-state index is -0.401. The van der Waals surface area contributed by atoms with Crippen LogP contribution in [0.1, 0.15) is 31.6 Å². The molecule has 0 aromatic heterocycles. The number of carbonyl (C=O) groups excluding carboxylic acids is 1. The molecular formula is C13H17NO4S. The number of rotatable bonds is 6. The Morgan fingerprint density at radius 3 is 2.63 bits per heavy atom. The molecule has 2 atom stereocenters. The van der Waals surface area contributed by atoms with E-state index in [-0.39, 0.29) is 22.2 Å². The summed E-state index contributed by atoms with van der Waals surface area (Å²) in [7, 11) is 0. The summed E-state index contributed by atoms with van der Waals surface area (Å²) in [5.41, 5.74) is 0.701. The van der Waals surface area contributed by atoms with Crippen LogP contribution in [-0.2, 0) is 9.53 Å². The summed E-state index contributed by atoms with van der Waals surface area (Å²) in [6, 6.07) is 6.58. The van der Waals surface area contributed by atoms with Gasteiger partial charge in [-0.05, 0) is 20.8 Å². The summed E-state index contributed by atoms with van der Waals surface area (Å²) in [5.74, 6) is -0.294. The maximum atomic E-state index is 11.6. The topological polar surface area (TPSA) is 69.4 Å². The third-order valence-electron chi connectivity index (χ3n) is 2.60. The van der Waals surface area contributed by atoms with Gasteiger partial charge in [0.2, 0.25) is 0 Å². The molecule has 0 N–H and O–H groups in total. The summed E-state index contributed by atoms with van der Waals surface area (Å²) < 4.78 is 4.92. The average Bonchev–Trinajstić information content (AvgIpc) is 2.38. The van der Waals surface area contributed by atoms with Gasteiger partial charge in [0.25, 0.3) is 5.69 Å². The second-order valence-corrected chi connectivity index (χ2v) is 5.67. The van der Waals surface area contributed by atoms with Gasteiger partial charge in [-0.15, -0.1) is 11.8 Å². The number of nitro benzene ring substituents is 1. The third kappa shape index (κ3) is 4.24. The number of hydrogen-bond acceptors (Lipinski definition) is 5. The molecule has 6 heteroatoms. The van der Waals surface area contributed by atoms with Crippen molar-refractivity contribution < 1.29 is 14.5 Å². The molecule has 0 aliphatic carbocycles. The van der Waals surface area contributed by atoms with Gasteiger partial charge in [0, 0.05) is 16.9 Å². The van der Waals surface area contributed by atoms with Crippen molar-refractivity contribution >= 4 is 23.4 Å². The van der Waals surface area contributed by atoms with Gasteiger partial charge in [-0.3, -0.25) is 14.9 Å². The quantitative estimate of drug-likeness (QED) is 0.455. The predicted molar refractivity (Wildman–Crippen MR) is 75.2 cm³/mol. The molecular weight excluding hydrogens is 266 g/mol. The molecule has 19 heavy (non-hydrogen) atoms. The molecule has 0 spiro atoms. The molecule has 1 aromatic rings. The lowest BCUT2D eigenvalue weighted by molar-refractivity contribution is -0.385. The molecule has 0 radical (unpaired) electrons. The number of ether oxygens (including phenoxy) is 1. The van der Waals surface area contributed by atoms with Crippen LogP contribution in [0.2, 0.25) is 0 Å². The number of benzene rings is 1. The number of nitro groups is 1. The molecule has 1 rings (SSSR count). The zero-order chi connectivity index (χ0) is 14.4. The van der Waals surface area contributed by atoms with E-state index in [0.717, 1.165) is 0 Å². The van der Waals surface area contributed by atoms with Crippen molar-refractivity contribution in [3.05, 3.63) is 39.9 Å². The van der Waals surface area contributed by atoms with Crippen molar-refractivity contribution in [3.63, 3.8) is 0 Å². The Bertz CT molecular complexity index is 464. The Kier molecular flexibility index (Phi) is 5.82. The van der Waals surface area contributed by atoms with Crippen molar-refractivity contribution in [2.45, 2.75) is 31.3 Å². The smallest absolute Gasteiger partial charge is 0.318 e. The van der Waals surface area contributed by atoms with Crippen molar-refractivity contribution in [1.29, 1.82) is 0 Å². The number of hydrogen-bond donors (Lipinski definition) is 0. The number of para-hydroxylation sites is 1. The highest BCUT2D eigenvalue weighted by Crippen LogP contribution is 2.36. The summed E-state index contributed by atoms with van der Waals surface area (Å²) in [6.07, 6.45) is 0. The van der Waals surface area contributed by atoms with Crippen molar-refractivity contribution in [2.24, 2.45) is 0 Å². The van der Waals surface area contributed by atoms with E-state index < -0.39 is 4.92 Å². The average molecular weight is 283 g/mol. The highest BCUT2D eigenvalue weighted by molar-refractivity contribution is 8.00. The van der Waals surface area contributed by atoms with E-state index in [2.05, 4.69) is 0 Å². The van der Waals surface area contributed by atoms with Gasteiger partial charge >= 0.3 is 5.97 Å². The van der Waals surface area contributed by atoms with E-state index in [4.69, 9.17) is 4.74 Å². The maximum absolute atomic E-state index is 11.6. The molecule has 0 saturated carbocycles. The Morgan fingerprint density at radius 2 is 2.05 bits per heavy atom. The maximum Gasteiger partial charge on any atom is 0.318 e. The summed E-state index contributed by atoms with van der Waals surface area (Å²) in [6.45, 7) is 5.68. The highest BCUT2D eigenvalue weighted by Gasteiger charge is 2.23. The number of nitrogens with zero attached hydrogens (tertiary/aromatic N) is 1. The first-order valence-electron chi connectivity index (χ1n) is 6.02. The second kappa shape index (κ2) is 7.13. The minimum absolute atomic E-state index is 0.0820. The van der Waals surface area contributed by atoms with Crippen LogP contribution in [-0.4, -0.2) is 22.7 Å². The zero-order valence-corrected chi connectivity index (χ0v) is 12.0. The van der Waals surface area contributed by atoms with Gasteiger partial charge in [-0.2, -0.15) is 0 Å². The van der Waals surface area contributed by atoms with E-state index in [1.807, 2.05) is 6.92 Å². The highest BCUT2D eigenvalue weighted by atomic mass is 32.2. The van der Waals surface area contributed by atoms with Crippen LogP contribution >= 0.6 is 11.8 Å². The third-order valence-corrected chi connectivity index (χ3v) is 3.86. The van der Waals surface area contributed by atoms with E-state index in [1.54, 1.807) is 32.0 Å². The lowest BCUT2D eigenvalue weighted by atomic mass is 10.1. The largest absolute Gasteiger partial charge is 0.465 e. The second-order valence-electron chi connectivity index (χ2n) is 3.99. The fourth-order valence-corrected chi connectivity index (χ4v) is 2.83. The molecule has 2 unspecified atom stereocenters. The summed E-state index contributed by atoms with van der Waals surface area (Å²) in [5, 5.41) is 10.4. The van der Waals surface area contributed by atoms with Gasteiger partial charge in [-0.1, -0.05) is 18.2 Å². The van der Waals surface area contributed by atoms with Crippen LogP contribution in [0.15, 0.2) is 24.3 Å². The Balaban J connectivity index is 2.81. The van der Waals surface area contributed by atoms with Crippen molar-refractivity contribution in [2.75, 3.05) is 6.61 Å². The molecule has 0 saturated heterocycles. The molecule has 0 amide bonds. The first kappa shape index (κ1) is 15.5. The Morgan fingerprint density at radius 1 is 1.42 bits per heavy atom. The fourth-order valence-electron chi connectivity index (χ4n) is 1.69. The first-order chi connectivity index (χ1) is 8.97. The molecule has 0 heterocycles. The molecule has 0 bridgehead atoms. The molecule has 0 fully saturated rings. The van der Waals surface area contributed by atoms with Crippen LogP contribution in [0, 0.1) is 10.1 Å². The van der Waals surface area contributed by atoms with Crippen molar-refractivity contribution in [3.8, 4) is 0 Å². The van der Waals surface area contributed by atoms with E-state index in [1.165, 1.54) is 17.8 Å². The zero-order valence-electron chi connectivity index (χ0n) is 11.2.